The van der Waals surface area contributed by atoms with Gasteiger partial charge >= 0.3 is 0 Å². The third kappa shape index (κ3) is 2.67. The Bertz CT molecular complexity index is 859. The molecule has 6 nitrogen and oxygen atoms in total. The van der Waals surface area contributed by atoms with E-state index in [0.29, 0.717) is 4.70 Å². The van der Waals surface area contributed by atoms with Gasteiger partial charge in [-0.25, -0.2) is 4.98 Å². The molecule has 24 heavy (non-hydrogen) atoms. The van der Waals surface area contributed by atoms with Crippen LogP contribution in [0.4, 0.5) is 0 Å². The quantitative estimate of drug-likeness (QED) is 0.661. The van der Waals surface area contributed by atoms with Crippen molar-refractivity contribution in [3.8, 4) is 0 Å². The Balaban J connectivity index is 1.72. The molecule has 2 aromatic rings. The van der Waals surface area contributed by atoms with Crippen molar-refractivity contribution in [3.63, 3.8) is 0 Å². The highest BCUT2D eigenvalue weighted by atomic mass is 32.1. The number of fused-ring (bicyclic) bond motifs is 4. The summed E-state index contributed by atoms with van der Waals surface area (Å²) in [5.41, 5.74) is 4.50. The highest BCUT2D eigenvalue weighted by Gasteiger charge is 2.35. The smallest absolute Gasteiger partial charge is 0.268 e. The van der Waals surface area contributed by atoms with Crippen LogP contribution in [0.3, 0.4) is 0 Å². The van der Waals surface area contributed by atoms with Gasteiger partial charge in [0.25, 0.3) is 5.56 Å². The van der Waals surface area contributed by atoms with Gasteiger partial charge in [-0.3, -0.25) is 15.1 Å². The molecule has 0 aliphatic carbocycles. The van der Waals surface area contributed by atoms with Gasteiger partial charge < -0.3 is 4.98 Å². The molecule has 7 heteroatoms. The van der Waals surface area contributed by atoms with Crippen molar-refractivity contribution >= 4 is 33.8 Å². The molecule has 2 bridgehead atoms. The van der Waals surface area contributed by atoms with Crippen LogP contribution < -0.4 is 11.0 Å². The van der Waals surface area contributed by atoms with Crippen molar-refractivity contribution in [2.45, 2.75) is 32.2 Å². The number of aromatic amines is 1. The molecular weight excluding hydrogens is 322 g/mol. The zero-order valence-electron chi connectivity index (χ0n) is 13.7. The highest BCUT2D eigenvalue weighted by Crippen LogP contribution is 2.39. The molecule has 5 heterocycles. The van der Waals surface area contributed by atoms with Gasteiger partial charge in [0.15, 0.2) is 0 Å². The summed E-state index contributed by atoms with van der Waals surface area (Å²) in [7, 11) is 0. The van der Waals surface area contributed by atoms with Crippen LogP contribution in [0.15, 0.2) is 22.2 Å². The number of hydrazone groups is 1. The summed E-state index contributed by atoms with van der Waals surface area (Å²) in [6.07, 6.45) is 5.44. The summed E-state index contributed by atoms with van der Waals surface area (Å²) in [5, 5.41) is 3.61. The summed E-state index contributed by atoms with van der Waals surface area (Å²) >= 11 is 1.46. The van der Waals surface area contributed by atoms with E-state index in [4.69, 9.17) is 4.98 Å². The van der Waals surface area contributed by atoms with E-state index >= 15 is 0 Å². The second-order valence-electron chi connectivity index (χ2n) is 6.62. The SMILES string of the molecule is C=NN/C=C(\C)c1cc2nc([C@@H]3CC4CCN3CC4)[nH]c(=O)c2s1. The lowest BCUT2D eigenvalue weighted by atomic mass is 9.83. The molecule has 1 atom stereocenters. The first-order chi connectivity index (χ1) is 11.7. The third-order valence-corrected chi connectivity index (χ3v) is 6.38. The first-order valence-corrected chi connectivity index (χ1v) is 9.13. The zero-order chi connectivity index (χ0) is 16.7. The minimum atomic E-state index is -0.0310. The molecule has 126 valence electrons. The van der Waals surface area contributed by atoms with E-state index in [1.807, 2.05) is 13.0 Å². The number of thiophene rings is 1. The number of allylic oxidation sites excluding steroid dienone is 1. The molecule has 2 N–H and O–H groups in total. The molecule has 0 radical (unpaired) electrons. The molecule has 0 amide bonds. The van der Waals surface area contributed by atoms with E-state index in [1.165, 1.54) is 24.2 Å². The molecule has 3 aliphatic rings. The van der Waals surface area contributed by atoms with Crippen LogP contribution in [-0.2, 0) is 0 Å². The Labute approximate surface area is 144 Å². The van der Waals surface area contributed by atoms with E-state index in [1.54, 1.807) is 6.20 Å². The van der Waals surface area contributed by atoms with Crippen LogP contribution in [0.25, 0.3) is 15.8 Å². The fourth-order valence-corrected chi connectivity index (χ4v) is 4.74. The molecule has 3 saturated heterocycles. The normalized spacial score (nSPS) is 26.7. The van der Waals surface area contributed by atoms with Gasteiger partial charge in [0, 0.05) is 17.8 Å². The van der Waals surface area contributed by atoms with E-state index in [-0.39, 0.29) is 11.6 Å². The molecule has 5 rings (SSSR count). The van der Waals surface area contributed by atoms with Crippen molar-refractivity contribution in [2.24, 2.45) is 11.0 Å². The zero-order valence-corrected chi connectivity index (χ0v) is 14.5. The summed E-state index contributed by atoms with van der Waals surface area (Å²) in [5.74, 6) is 1.61. The van der Waals surface area contributed by atoms with Gasteiger partial charge in [0.2, 0.25) is 0 Å². The van der Waals surface area contributed by atoms with Gasteiger partial charge in [-0.1, -0.05) is 0 Å². The summed E-state index contributed by atoms with van der Waals surface area (Å²) in [6, 6.07) is 2.26. The number of hydrogen-bond acceptors (Lipinski definition) is 6. The van der Waals surface area contributed by atoms with Crippen molar-refractivity contribution in [3.05, 3.63) is 33.3 Å². The Morgan fingerprint density at radius 1 is 1.54 bits per heavy atom. The van der Waals surface area contributed by atoms with Gasteiger partial charge in [-0.05, 0) is 56.8 Å². The minimum absolute atomic E-state index is 0.0310. The van der Waals surface area contributed by atoms with Crippen LogP contribution in [0.1, 0.15) is 42.9 Å². The Kier molecular flexibility index (Phi) is 3.97. The fraction of sp³-hybridized carbons (Fsp3) is 0.471. The topological polar surface area (TPSA) is 73.4 Å². The monoisotopic (exact) mass is 343 g/mol. The number of rotatable bonds is 4. The standard InChI is InChI=1S/C17H21N5OS/c1-10(9-19-18-2)14-8-12-15(24-14)17(23)21-16(20-12)13-7-11-3-5-22(13)6-4-11/h8-9,11,13,19H,2-7H2,1H3,(H,20,21,23)/b10-9+/t13-/m0/s1. The second kappa shape index (κ2) is 6.14. The largest absolute Gasteiger partial charge is 0.308 e. The number of piperidine rings is 3. The summed E-state index contributed by atoms with van der Waals surface area (Å²) < 4.78 is 0.684. The number of aromatic nitrogens is 2. The first kappa shape index (κ1) is 15.5. The lowest BCUT2D eigenvalue weighted by Gasteiger charge is -2.44. The van der Waals surface area contributed by atoms with Crippen LogP contribution in [0, 0.1) is 5.92 Å². The average Bonchev–Trinajstić information content (AvgIpc) is 3.05. The molecule has 0 spiro atoms. The maximum Gasteiger partial charge on any atom is 0.268 e. The second-order valence-corrected chi connectivity index (χ2v) is 7.67. The number of H-pyrrole nitrogens is 1. The Hall–Kier alpha value is -1.99. The van der Waals surface area contributed by atoms with E-state index in [2.05, 4.69) is 27.1 Å². The summed E-state index contributed by atoms with van der Waals surface area (Å²) in [6.45, 7) is 7.61. The van der Waals surface area contributed by atoms with E-state index < -0.39 is 0 Å². The van der Waals surface area contributed by atoms with Crippen molar-refractivity contribution in [2.75, 3.05) is 13.1 Å². The van der Waals surface area contributed by atoms with Crippen molar-refractivity contribution in [1.29, 1.82) is 0 Å². The van der Waals surface area contributed by atoms with Crippen molar-refractivity contribution < 1.29 is 0 Å². The highest BCUT2D eigenvalue weighted by molar-refractivity contribution is 7.19. The molecule has 0 unspecified atom stereocenters. The van der Waals surface area contributed by atoms with Crippen LogP contribution in [-0.4, -0.2) is 34.7 Å². The van der Waals surface area contributed by atoms with Gasteiger partial charge in [0.05, 0.1) is 11.6 Å². The van der Waals surface area contributed by atoms with Crippen LogP contribution in [0.5, 0.6) is 0 Å². The number of nitrogens with zero attached hydrogens (tertiary/aromatic N) is 3. The molecule has 3 aliphatic heterocycles. The molecule has 2 aromatic heterocycles. The van der Waals surface area contributed by atoms with E-state index in [0.717, 1.165) is 47.2 Å². The maximum absolute atomic E-state index is 12.5. The van der Waals surface area contributed by atoms with Crippen molar-refractivity contribution in [1.82, 2.24) is 20.3 Å². The summed E-state index contributed by atoms with van der Waals surface area (Å²) in [4.78, 5) is 23.8. The number of hydrogen-bond donors (Lipinski definition) is 2. The third-order valence-electron chi connectivity index (χ3n) is 5.12. The maximum atomic E-state index is 12.5. The molecule has 0 saturated carbocycles. The van der Waals surface area contributed by atoms with Gasteiger partial charge in [-0.2, -0.15) is 5.10 Å². The Morgan fingerprint density at radius 3 is 3.00 bits per heavy atom. The predicted octanol–water partition coefficient (Wildman–Crippen LogP) is 2.71. The molecule has 3 fully saturated rings. The van der Waals surface area contributed by atoms with Crippen LogP contribution in [0.2, 0.25) is 0 Å². The Morgan fingerprint density at radius 2 is 2.33 bits per heavy atom. The average molecular weight is 343 g/mol. The van der Waals surface area contributed by atoms with Crippen LogP contribution >= 0.6 is 11.3 Å². The lowest BCUT2D eigenvalue weighted by Crippen LogP contribution is -2.44. The molecular formula is C17H21N5OS. The van der Waals surface area contributed by atoms with Gasteiger partial charge in [0.1, 0.15) is 10.5 Å². The lowest BCUT2D eigenvalue weighted by molar-refractivity contribution is 0.0445. The predicted molar refractivity (Wildman–Crippen MR) is 98.2 cm³/mol. The number of nitrogens with one attached hydrogen (secondary N) is 2. The van der Waals surface area contributed by atoms with Gasteiger partial charge in [-0.15, -0.1) is 11.3 Å². The fourth-order valence-electron chi connectivity index (χ4n) is 3.77. The van der Waals surface area contributed by atoms with E-state index in [9.17, 15) is 4.79 Å². The minimum Gasteiger partial charge on any atom is -0.308 e. The first-order valence-electron chi connectivity index (χ1n) is 8.32. The molecule has 0 aromatic carbocycles.